The van der Waals surface area contributed by atoms with Gasteiger partial charge in [-0.25, -0.2) is 15.0 Å². The van der Waals surface area contributed by atoms with Crippen LogP contribution in [0.3, 0.4) is 0 Å². The van der Waals surface area contributed by atoms with E-state index >= 15 is 0 Å². The molecule has 8 aromatic rings. The molecule has 3 atom stereocenters. The van der Waals surface area contributed by atoms with Crippen LogP contribution in [0.5, 0.6) is 0 Å². The maximum atomic E-state index is 5.25. The number of benzene rings is 5. The molecule has 2 aliphatic heterocycles. The summed E-state index contributed by atoms with van der Waals surface area (Å²) in [6.45, 7) is 38.6. The molecule has 5 aromatic carbocycles. The van der Waals surface area contributed by atoms with Crippen molar-refractivity contribution in [3.8, 4) is 21.6 Å². The molecule has 0 saturated carbocycles. The molecule has 3 aromatic heterocycles. The third-order valence-electron chi connectivity index (χ3n) is 16.1. The van der Waals surface area contributed by atoms with Crippen molar-refractivity contribution in [2.45, 2.75) is 111 Å². The lowest BCUT2D eigenvalue weighted by molar-refractivity contribution is 0.235. The summed E-state index contributed by atoms with van der Waals surface area (Å²) in [5.74, 6) is 0.951. The summed E-state index contributed by atoms with van der Waals surface area (Å²) in [6, 6.07) is 44.2. The van der Waals surface area contributed by atoms with Crippen molar-refractivity contribution in [1.29, 1.82) is 0 Å². The van der Waals surface area contributed by atoms with Gasteiger partial charge in [-0.05, 0) is 152 Å². The van der Waals surface area contributed by atoms with Gasteiger partial charge in [0.05, 0.1) is 44.1 Å². The topological polar surface area (TPSA) is 81.2 Å². The summed E-state index contributed by atoms with van der Waals surface area (Å²) in [5, 5.41) is 12.0. The van der Waals surface area contributed by atoms with E-state index in [1.807, 2.05) is 23.7 Å². The predicted molar refractivity (Wildman–Crippen MR) is 338 cm³/mol. The minimum absolute atomic E-state index is 0.0355. The van der Waals surface area contributed by atoms with E-state index in [1.165, 1.54) is 54.9 Å². The number of nitrogens with one attached hydrogen (secondary N) is 3. The van der Waals surface area contributed by atoms with E-state index in [2.05, 4.69) is 208 Å². The van der Waals surface area contributed by atoms with Gasteiger partial charge in [-0.1, -0.05) is 162 Å². The lowest BCUT2D eigenvalue weighted by Gasteiger charge is -2.41. The fourth-order valence-corrected chi connectivity index (χ4v) is 13.3. The van der Waals surface area contributed by atoms with Crippen molar-refractivity contribution < 1.29 is 0 Å². The molecule has 1 fully saturated rings. The molecule has 10 rings (SSSR count). The van der Waals surface area contributed by atoms with E-state index in [0.717, 1.165) is 131 Å². The van der Waals surface area contributed by atoms with Gasteiger partial charge in [-0.2, -0.15) is 0 Å². The smallest absolute Gasteiger partial charge is 0.188 e. The van der Waals surface area contributed by atoms with Crippen molar-refractivity contribution in [3.05, 3.63) is 233 Å². The number of allylic oxidation sites excluding steroid dienone is 1. The average Bonchev–Trinajstić information content (AvgIpc) is 4.28. The molecule has 0 bridgehead atoms. The van der Waals surface area contributed by atoms with Crippen LogP contribution in [-0.4, -0.2) is 45.0 Å². The highest BCUT2D eigenvalue weighted by Gasteiger charge is 2.36. The molecule has 1 saturated heterocycles. The highest BCUT2D eigenvalue weighted by atomic mass is 32.1. The van der Waals surface area contributed by atoms with Gasteiger partial charge >= 0.3 is 0 Å². The number of fused-ring (bicyclic) bond motifs is 2. The van der Waals surface area contributed by atoms with Crippen LogP contribution < -0.4 is 20.9 Å². The summed E-state index contributed by atoms with van der Waals surface area (Å²) in [5.41, 5.74) is 22.5. The molecule has 0 amide bonds. The van der Waals surface area contributed by atoms with Crippen molar-refractivity contribution in [3.63, 3.8) is 0 Å². The number of hydrogen-bond donors (Lipinski definition) is 3. The van der Waals surface area contributed by atoms with E-state index in [0.29, 0.717) is 0 Å². The summed E-state index contributed by atoms with van der Waals surface area (Å²) in [4.78, 5) is 20.6. The van der Waals surface area contributed by atoms with Crippen LogP contribution in [0.15, 0.2) is 177 Å². The largest absolute Gasteiger partial charge is 0.381 e. The normalized spacial score (nSPS) is 15.1. The first-order valence-electron chi connectivity index (χ1n) is 27.9. The highest BCUT2D eigenvalue weighted by molar-refractivity contribution is 7.22. The third-order valence-corrected chi connectivity index (χ3v) is 18.0. The zero-order valence-electron chi connectivity index (χ0n) is 47.1. The van der Waals surface area contributed by atoms with Crippen molar-refractivity contribution in [2.24, 2.45) is 5.41 Å². The molecular formula is C69H76N8S2. The van der Waals surface area contributed by atoms with Crippen LogP contribution >= 0.6 is 22.7 Å². The minimum Gasteiger partial charge on any atom is -0.381 e. The lowest BCUT2D eigenvalue weighted by Crippen LogP contribution is -2.48. The number of likely N-dealkylation sites (tertiary alicyclic amines) is 1. The highest BCUT2D eigenvalue weighted by Crippen LogP contribution is 2.38. The molecule has 0 spiro atoms. The fourth-order valence-electron chi connectivity index (χ4n) is 11.6. The molecule has 5 heterocycles. The number of para-hydroxylation sites is 1. The van der Waals surface area contributed by atoms with Crippen LogP contribution in [0.2, 0.25) is 0 Å². The Kier molecular flexibility index (Phi) is 16.5. The molecule has 79 heavy (non-hydrogen) atoms. The quantitative estimate of drug-likeness (QED) is 0.0657. The molecule has 8 nitrogen and oxygen atoms in total. The fraction of sp³-hybridized carbons (Fsp3) is 0.290. The minimum atomic E-state index is -0.0713. The second-order valence-electron chi connectivity index (χ2n) is 22.6. The van der Waals surface area contributed by atoms with Crippen LogP contribution in [0.4, 0.5) is 10.9 Å². The monoisotopic (exact) mass is 1080 g/mol. The summed E-state index contributed by atoms with van der Waals surface area (Å²) >= 11 is 3.34. The summed E-state index contributed by atoms with van der Waals surface area (Å²) < 4.78 is 1.15. The number of aromatic nitrogens is 3. The SMILES string of the molecule is C=Cc1nc(N2CCc3cccc(C(=C)Nc4nc5ccccc5s4)c3C2)ccc1-c1cccc(Cc2ccc(CCCC(=C)NC(C(=C)N3CCCC3C(=C)NC(C)c3ccc(-c4scnc4C)cc3)C(C)(C)C)cc2)c1C. The number of aryl methyl sites for hydroxylation is 2. The second kappa shape index (κ2) is 23.8. The van der Waals surface area contributed by atoms with Crippen molar-refractivity contribution >= 4 is 55.6 Å². The number of hydrogen-bond acceptors (Lipinski definition) is 10. The number of anilines is 2. The Labute approximate surface area is 477 Å². The molecule has 0 aliphatic carbocycles. The molecule has 3 unspecified atom stereocenters. The number of pyridine rings is 1. The van der Waals surface area contributed by atoms with Gasteiger partial charge in [0.1, 0.15) is 5.82 Å². The molecule has 3 N–H and O–H groups in total. The first-order chi connectivity index (χ1) is 38.1. The second-order valence-corrected chi connectivity index (χ2v) is 24.5. The van der Waals surface area contributed by atoms with Gasteiger partial charge in [-0.15, -0.1) is 11.3 Å². The molecule has 404 valence electrons. The van der Waals surface area contributed by atoms with E-state index in [1.54, 1.807) is 22.7 Å². The van der Waals surface area contributed by atoms with Crippen LogP contribution in [0, 0.1) is 19.3 Å². The number of nitrogens with zero attached hydrogens (tertiary/aromatic N) is 5. The van der Waals surface area contributed by atoms with Gasteiger partial charge in [0.2, 0.25) is 0 Å². The number of rotatable bonds is 21. The van der Waals surface area contributed by atoms with E-state index in [-0.39, 0.29) is 23.5 Å². The predicted octanol–water partition coefficient (Wildman–Crippen LogP) is 16.7. The Balaban J connectivity index is 0.722. The molecule has 2 aliphatic rings. The molecule has 10 heteroatoms. The van der Waals surface area contributed by atoms with Gasteiger partial charge in [0.15, 0.2) is 5.13 Å². The maximum Gasteiger partial charge on any atom is 0.188 e. The first kappa shape index (κ1) is 54.8. The standard InChI is InChI=1S/C69H76N8S2/c1-12-61-59(36-37-65(74-61)76-40-38-54-21-16-24-58(60(54)42-76)47(5)73-68-75-62-25-13-14-27-64(62)79-68)57-23-17-22-56(45(57)3)41-52-30-28-51(29-31-52)20-15-19-44(2)71-67(69(9,10)11)50(8)77-39-18-26-63(77)48(6)72-46(4)53-32-34-55(35-33-53)66-49(7)70-43-78-66/h12-14,16-17,21-25,27-37,43,46,63,67,71-72H,1-2,5-6,8,15,18-20,26,38-42H2,3-4,7,9-11H3,(H,73,75). The Morgan fingerprint density at radius 2 is 1.59 bits per heavy atom. The van der Waals surface area contributed by atoms with E-state index in [9.17, 15) is 0 Å². The van der Waals surface area contributed by atoms with Gasteiger partial charge < -0.3 is 25.8 Å². The summed E-state index contributed by atoms with van der Waals surface area (Å²) in [7, 11) is 0. The van der Waals surface area contributed by atoms with Gasteiger partial charge in [0.25, 0.3) is 0 Å². The average molecular weight is 1080 g/mol. The summed E-state index contributed by atoms with van der Waals surface area (Å²) in [6.07, 6.45) is 8.72. The van der Waals surface area contributed by atoms with Crippen molar-refractivity contribution in [2.75, 3.05) is 23.3 Å². The van der Waals surface area contributed by atoms with E-state index < -0.39 is 0 Å². The number of thiazole rings is 2. The zero-order valence-corrected chi connectivity index (χ0v) is 48.7. The van der Waals surface area contributed by atoms with Crippen molar-refractivity contribution in [1.82, 2.24) is 30.5 Å². The lowest BCUT2D eigenvalue weighted by atomic mass is 9.84. The van der Waals surface area contributed by atoms with Gasteiger partial charge in [-0.3, -0.25) is 0 Å². The van der Waals surface area contributed by atoms with Crippen LogP contribution in [-0.2, 0) is 25.8 Å². The zero-order chi connectivity index (χ0) is 55.4. The van der Waals surface area contributed by atoms with Crippen LogP contribution in [0.1, 0.15) is 115 Å². The van der Waals surface area contributed by atoms with E-state index in [4.69, 9.17) is 16.5 Å². The Hall–Kier alpha value is -7.53. The molecular weight excluding hydrogens is 1000 g/mol. The Morgan fingerprint density at radius 1 is 0.823 bits per heavy atom. The maximum absolute atomic E-state index is 5.25. The Bertz CT molecular complexity index is 3510. The third kappa shape index (κ3) is 12.4. The first-order valence-corrected chi connectivity index (χ1v) is 29.6. The van der Waals surface area contributed by atoms with Gasteiger partial charge in [0, 0.05) is 59.6 Å². The molecule has 0 radical (unpaired) electrons. The van der Waals surface area contributed by atoms with Crippen LogP contribution in [0.25, 0.3) is 43.6 Å². The Morgan fingerprint density at radius 3 is 2.34 bits per heavy atom.